The smallest absolute Gasteiger partial charge is 0.123 e. The van der Waals surface area contributed by atoms with Crippen molar-refractivity contribution in [3.05, 3.63) is 66.0 Å². The molecule has 0 heterocycles. The maximum absolute atomic E-state index is 12.8. The molecule has 2 rings (SSSR count). The summed E-state index contributed by atoms with van der Waals surface area (Å²) in [4.78, 5) is 4.55. The van der Waals surface area contributed by atoms with E-state index in [1.807, 2.05) is 32.0 Å². The minimum atomic E-state index is -0.250. The first-order chi connectivity index (χ1) is 9.58. The van der Waals surface area contributed by atoms with E-state index >= 15 is 0 Å². The van der Waals surface area contributed by atoms with Crippen LogP contribution in [0.3, 0.4) is 0 Å². The van der Waals surface area contributed by atoms with Gasteiger partial charge in [-0.3, -0.25) is 0 Å². The first-order valence-electron chi connectivity index (χ1n) is 6.39. The lowest BCUT2D eigenvalue weighted by Gasteiger charge is -2.07. The van der Waals surface area contributed by atoms with E-state index in [4.69, 9.17) is 0 Å². The quantitative estimate of drug-likeness (QED) is 0.619. The molecule has 3 heteroatoms. The zero-order valence-corrected chi connectivity index (χ0v) is 11.7. The molecule has 0 saturated carbocycles. The van der Waals surface area contributed by atoms with Crippen molar-refractivity contribution in [1.82, 2.24) is 0 Å². The molecule has 0 aliphatic heterocycles. The highest BCUT2D eigenvalue weighted by molar-refractivity contribution is 5.95. The molecule has 1 N–H and O–H groups in total. The van der Waals surface area contributed by atoms with E-state index in [0.29, 0.717) is 0 Å². The molecule has 0 radical (unpaired) electrons. The second kappa shape index (κ2) is 6.15. The number of amidine groups is 1. The summed E-state index contributed by atoms with van der Waals surface area (Å²) in [5.74, 6) is 0.501. The SMILES string of the molecule is C=Cc1ccc(C)c(N=C(C)Nc2ccc(F)cc2)c1. The molecule has 0 atom stereocenters. The summed E-state index contributed by atoms with van der Waals surface area (Å²) >= 11 is 0. The molecule has 102 valence electrons. The van der Waals surface area contributed by atoms with Crippen LogP contribution in [0, 0.1) is 12.7 Å². The van der Waals surface area contributed by atoms with Crippen molar-refractivity contribution in [3.8, 4) is 0 Å². The van der Waals surface area contributed by atoms with Crippen molar-refractivity contribution < 1.29 is 4.39 Å². The van der Waals surface area contributed by atoms with Crippen LogP contribution in [-0.4, -0.2) is 5.84 Å². The predicted molar refractivity (Wildman–Crippen MR) is 84.1 cm³/mol. The molecule has 0 amide bonds. The maximum atomic E-state index is 12.8. The summed E-state index contributed by atoms with van der Waals surface area (Å²) in [5, 5.41) is 3.14. The van der Waals surface area contributed by atoms with Crippen LogP contribution in [-0.2, 0) is 0 Å². The molecule has 2 nitrogen and oxygen atoms in total. The van der Waals surface area contributed by atoms with Crippen LogP contribution in [0.15, 0.2) is 54.0 Å². The number of anilines is 1. The number of benzene rings is 2. The summed E-state index contributed by atoms with van der Waals surface area (Å²) < 4.78 is 12.8. The van der Waals surface area contributed by atoms with Crippen molar-refractivity contribution in [1.29, 1.82) is 0 Å². The normalized spacial score (nSPS) is 11.2. The molecule has 20 heavy (non-hydrogen) atoms. The first-order valence-corrected chi connectivity index (χ1v) is 6.39. The number of halogens is 1. The Bertz CT molecular complexity index is 643. The summed E-state index contributed by atoms with van der Waals surface area (Å²) in [5.41, 5.74) is 3.83. The van der Waals surface area contributed by atoms with Crippen molar-refractivity contribution in [2.24, 2.45) is 4.99 Å². The summed E-state index contributed by atoms with van der Waals surface area (Å²) in [6.07, 6.45) is 1.79. The molecule has 0 aromatic heterocycles. The van der Waals surface area contributed by atoms with E-state index in [-0.39, 0.29) is 5.82 Å². The van der Waals surface area contributed by atoms with E-state index in [0.717, 1.165) is 28.3 Å². The van der Waals surface area contributed by atoms with Crippen LogP contribution in [0.25, 0.3) is 6.08 Å². The Morgan fingerprint density at radius 2 is 1.90 bits per heavy atom. The van der Waals surface area contributed by atoms with Crippen molar-refractivity contribution in [3.63, 3.8) is 0 Å². The minimum absolute atomic E-state index is 0.250. The molecular weight excluding hydrogens is 251 g/mol. The third-order valence-corrected chi connectivity index (χ3v) is 2.93. The largest absolute Gasteiger partial charge is 0.344 e. The van der Waals surface area contributed by atoms with Crippen LogP contribution in [0.5, 0.6) is 0 Å². The van der Waals surface area contributed by atoms with Gasteiger partial charge in [-0.2, -0.15) is 0 Å². The second-order valence-corrected chi connectivity index (χ2v) is 4.58. The fraction of sp³-hybridized carbons (Fsp3) is 0.118. The highest BCUT2D eigenvalue weighted by Crippen LogP contribution is 2.21. The number of nitrogens with one attached hydrogen (secondary N) is 1. The third-order valence-electron chi connectivity index (χ3n) is 2.93. The lowest BCUT2D eigenvalue weighted by Crippen LogP contribution is -2.06. The zero-order chi connectivity index (χ0) is 14.5. The minimum Gasteiger partial charge on any atom is -0.344 e. The van der Waals surface area contributed by atoms with Gasteiger partial charge < -0.3 is 5.32 Å². The van der Waals surface area contributed by atoms with Crippen LogP contribution in [0.2, 0.25) is 0 Å². The Hall–Kier alpha value is -2.42. The summed E-state index contributed by atoms with van der Waals surface area (Å²) in [6.45, 7) is 7.65. The predicted octanol–water partition coefficient (Wildman–Crippen LogP) is 4.94. The van der Waals surface area contributed by atoms with Gasteiger partial charge in [-0.15, -0.1) is 0 Å². The molecule has 0 saturated heterocycles. The average Bonchev–Trinajstić information content (AvgIpc) is 2.44. The van der Waals surface area contributed by atoms with Gasteiger partial charge in [-0.05, 0) is 55.3 Å². The number of nitrogens with zero attached hydrogens (tertiary/aromatic N) is 1. The summed E-state index contributed by atoms with van der Waals surface area (Å²) in [7, 11) is 0. The van der Waals surface area contributed by atoms with E-state index < -0.39 is 0 Å². The Kier molecular flexibility index (Phi) is 4.31. The number of hydrogen-bond donors (Lipinski definition) is 1. The number of aliphatic imine (C=N–C) groups is 1. The van der Waals surface area contributed by atoms with Gasteiger partial charge in [0.15, 0.2) is 0 Å². The van der Waals surface area contributed by atoms with Gasteiger partial charge in [0.05, 0.1) is 5.69 Å². The number of rotatable bonds is 3. The second-order valence-electron chi connectivity index (χ2n) is 4.58. The van der Waals surface area contributed by atoms with Crippen LogP contribution < -0.4 is 5.32 Å². The standard InChI is InChI=1S/C17H17FN2/c1-4-14-6-5-12(2)17(11-14)20-13(3)19-16-9-7-15(18)8-10-16/h4-11H,1H2,2-3H3,(H,19,20). The molecule has 2 aromatic rings. The topological polar surface area (TPSA) is 24.4 Å². The van der Waals surface area contributed by atoms with Crippen molar-refractivity contribution in [2.45, 2.75) is 13.8 Å². The lowest BCUT2D eigenvalue weighted by molar-refractivity contribution is 0.628. The average molecular weight is 268 g/mol. The van der Waals surface area contributed by atoms with Crippen LogP contribution in [0.1, 0.15) is 18.1 Å². The van der Waals surface area contributed by atoms with Crippen molar-refractivity contribution >= 4 is 23.3 Å². The Labute approximate surface area is 118 Å². The molecule has 0 fully saturated rings. The van der Waals surface area contributed by atoms with E-state index in [9.17, 15) is 4.39 Å². The molecule has 0 bridgehead atoms. The highest BCUT2D eigenvalue weighted by Gasteiger charge is 2.00. The molecular formula is C17H17FN2. The molecule has 0 unspecified atom stereocenters. The van der Waals surface area contributed by atoms with E-state index in [1.54, 1.807) is 18.2 Å². The fourth-order valence-electron chi connectivity index (χ4n) is 1.82. The monoisotopic (exact) mass is 268 g/mol. The lowest BCUT2D eigenvalue weighted by atomic mass is 10.1. The summed E-state index contributed by atoms with van der Waals surface area (Å²) in [6, 6.07) is 12.2. The van der Waals surface area contributed by atoms with Crippen LogP contribution in [0.4, 0.5) is 15.8 Å². The maximum Gasteiger partial charge on any atom is 0.123 e. The fourth-order valence-corrected chi connectivity index (χ4v) is 1.82. The molecule has 0 aliphatic carbocycles. The number of hydrogen-bond acceptors (Lipinski definition) is 1. The van der Waals surface area contributed by atoms with Crippen LogP contribution >= 0.6 is 0 Å². The highest BCUT2D eigenvalue weighted by atomic mass is 19.1. The first kappa shape index (κ1) is 14.0. The van der Waals surface area contributed by atoms with E-state index in [2.05, 4.69) is 16.9 Å². The molecule has 0 aliphatic rings. The zero-order valence-electron chi connectivity index (χ0n) is 11.7. The molecule has 0 spiro atoms. The van der Waals surface area contributed by atoms with Gasteiger partial charge in [-0.1, -0.05) is 24.8 Å². The Morgan fingerprint density at radius 3 is 2.55 bits per heavy atom. The van der Waals surface area contributed by atoms with Gasteiger partial charge >= 0.3 is 0 Å². The van der Waals surface area contributed by atoms with Gasteiger partial charge in [0, 0.05) is 5.69 Å². The Balaban J connectivity index is 2.21. The van der Waals surface area contributed by atoms with Crippen molar-refractivity contribution in [2.75, 3.05) is 5.32 Å². The van der Waals surface area contributed by atoms with Gasteiger partial charge in [0.2, 0.25) is 0 Å². The molecule has 2 aromatic carbocycles. The van der Waals surface area contributed by atoms with Gasteiger partial charge in [0.25, 0.3) is 0 Å². The third kappa shape index (κ3) is 3.54. The number of aryl methyl sites for hydroxylation is 1. The van der Waals surface area contributed by atoms with E-state index in [1.165, 1.54) is 12.1 Å². The Morgan fingerprint density at radius 1 is 1.20 bits per heavy atom. The van der Waals surface area contributed by atoms with Gasteiger partial charge in [0.1, 0.15) is 11.7 Å². The van der Waals surface area contributed by atoms with Gasteiger partial charge in [-0.25, -0.2) is 9.38 Å².